The lowest BCUT2D eigenvalue weighted by Crippen LogP contribution is -2.36. The molecule has 2 heterocycles. The van der Waals surface area contributed by atoms with E-state index in [2.05, 4.69) is 557 Å². The van der Waals surface area contributed by atoms with E-state index in [9.17, 15) is 0 Å². The van der Waals surface area contributed by atoms with E-state index in [1.165, 1.54) is 190 Å². The number of fused-ring (bicyclic) bond motifs is 24. The van der Waals surface area contributed by atoms with Crippen LogP contribution >= 0.6 is 0 Å². The van der Waals surface area contributed by atoms with Gasteiger partial charge in [0.2, 0.25) is 0 Å². The van der Waals surface area contributed by atoms with Gasteiger partial charge in [0.1, 0.15) is 0 Å². The Morgan fingerprint density at radius 1 is 0.159 bits per heavy atom. The first-order chi connectivity index (χ1) is 68.0. The molecule has 2 spiro atoms. The van der Waals surface area contributed by atoms with E-state index in [0.717, 1.165) is 45.5 Å². The lowest BCUT2D eigenvalue weighted by atomic mass is 9.64. The van der Waals surface area contributed by atoms with E-state index in [1.807, 2.05) is 0 Å². The predicted octanol–water partition coefficient (Wildman–Crippen LogP) is 35.6. The summed E-state index contributed by atoms with van der Waals surface area (Å²) in [6.45, 7) is 9.51. The van der Waals surface area contributed by atoms with Crippen molar-refractivity contribution < 1.29 is 0 Å². The van der Waals surface area contributed by atoms with Crippen LogP contribution in [0.25, 0.3) is 100 Å². The SMILES string of the molecule is CC1(C)c2cc(-c3ccccc3)ccc2-c2ccc(N(c3ccc(-c4ccc(-c5ccccc5)cc4)cc3)c3cccc4c3-c3ccccc3C43c4ccccc4N(c4ccccc4)c4ccccc43)cc21.CC1(C)c2ccccc2-c2ccc(-c3ccc(N(c4ccccc4-c4ccccc4)c4cccc5c4-c4ccccc4C54c5ccccc5N(c5ccccc5)c5ccccc54)cc3)cc21. The van der Waals surface area contributed by atoms with Gasteiger partial charge in [0.25, 0.3) is 0 Å². The average molecular weight is 1760 g/mol. The zero-order valence-corrected chi connectivity index (χ0v) is 77.3. The number of benzene rings is 21. The van der Waals surface area contributed by atoms with E-state index in [-0.39, 0.29) is 10.8 Å². The molecule has 4 heteroatoms. The second kappa shape index (κ2) is 32.3. The third-order valence-corrected chi connectivity index (χ3v) is 30.5. The Hall–Kier alpha value is -17.2. The van der Waals surface area contributed by atoms with Gasteiger partial charge < -0.3 is 19.6 Å². The molecular weight excluding hydrogens is 1670 g/mol. The molecule has 0 bridgehead atoms. The van der Waals surface area contributed by atoms with Crippen molar-refractivity contribution in [2.45, 2.75) is 49.4 Å². The number of para-hydroxylation sites is 7. The maximum atomic E-state index is 2.53. The summed E-state index contributed by atoms with van der Waals surface area (Å²) in [4.78, 5) is 9.95. The number of hydrogen-bond acceptors (Lipinski definition) is 4. The molecule has 6 aliphatic rings. The zero-order valence-electron chi connectivity index (χ0n) is 77.3. The van der Waals surface area contributed by atoms with Crippen molar-refractivity contribution >= 4 is 68.2 Å². The van der Waals surface area contributed by atoms with Crippen molar-refractivity contribution in [3.8, 4) is 100 Å². The van der Waals surface area contributed by atoms with Crippen LogP contribution in [-0.2, 0) is 21.7 Å². The Morgan fingerprint density at radius 2 is 0.428 bits per heavy atom. The predicted molar refractivity (Wildman–Crippen MR) is 576 cm³/mol. The molecule has 0 atom stereocenters. The standard InChI is InChI=1S/C70H50N2.C64H46N2/c1-69(2)63-45-52(48-21-8-4-9-22-48)39-43-56(63)57-44-42-55(46-64(57)69)71(54-40-37-51(38-41-54)50-35-33-49(34-36-50)47-19-6-3-7-20-47)67-32-18-29-62-68(67)58-25-12-13-26-59(58)70(62)60-27-14-16-30-65(60)72(53-23-10-5-11-24-53)66-31-17-15-28-61(66)70;1-63(2)52-27-12-9-25-49(52)50-41-38-45(42-57(50)63)43-36-39-47(40-37-43)65(58-32-16-11-24-48(58)44-20-5-3-6-21-44)61-35-19-31-56-62(61)51-26-10-13-28-53(51)64(56)54-29-14-17-33-59(54)66(46-22-7-4-8-23-46)60-34-18-15-30-55(60)64/h3-46H,1-2H3;3-42H,1-2H3. The van der Waals surface area contributed by atoms with Gasteiger partial charge in [-0.1, -0.05) is 422 Å². The Kier molecular flexibility index (Phi) is 19.1. The first-order valence-corrected chi connectivity index (χ1v) is 48.3. The van der Waals surface area contributed by atoms with Crippen molar-refractivity contribution in [1.29, 1.82) is 0 Å². The van der Waals surface area contributed by atoms with Crippen LogP contribution in [0.3, 0.4) is 0 Å². The van der Waals surface area contributed by atoms with Crippen molar-refractivity contribution in [3.63, 3.8) is 0 Å². The summed E-state index contributed by atoms with van der Waals surface area (Å²) < 4.78 is 0. The summed E-state index contributed by atoms with van der Waals surface area (Å²) in [5, 5.41) is 0. The fraction of sp³-hybridized carbons (Fsp3) is 0.0597. The van der Waals surface area contributed by atoms with Crippen molar-refractivity contribution in [1.82, 2.24) is 0 Å². The minimum Gasteiger partial charge on any atom is -0.310 e. The summed E-state index contributed by atoms with van der Waals surface area (Å²) in [5.74, 6) is 0. The second-order valence-electron chi connectivity index (χ2n) is 38.4. The maximum Gasteiger partial charge on any atom is 0.0755 e. The summed E-state index contributed by atoms with van der Waals surface area (Å²) in [6.07, 6.45) is 0. The fourth-order valence-electron chi connectivity index (χ4n) is 24.4. The Bertz CT molecular complexity index is 8270. The highest BCUT2D eigenvalue weighted by molar-refractivity contribution is 6.06. The molecule has 0 fully saturated rings. The fourth-order valence-corrected chi connectivity index (χ4v) is 24.4. The molecule has 0 radical (unpaired) electrons. The monoisotopic (exact) mass is 1760 g/mol. The minimum atomic E-state index is -0.583. The molecule has 0 unspecified atom stereocenters. The minimum absolute atomic E-state index is 0.0691. The summed E-state index contributed by atoms with van der Waals surface area (Å²) in [7, 11) is 0. The van der Waals surface area contributed by atoms with E-state index < -0.39 is 10.8 Å². The van der Waals surface area contributed by atoms with Gasteiger partial charge >= 0.3 is 0 Å². The van der Waals surface area contributed by atoms with Crippen molar-refractivity contribution in [2.75, 3.05) is 19.6 Å². The number of rotatable bonds is 13. The van der Waals surface area contributed by atoms with Crippen molar-refractivity contribution in [2.24, 2.45) is 0 Å². The zero-order chi connectivity index (χ0) is 92.0. The molecule has 4 nitrogen and oxygen atoms in total. The molecule has 2 aliphatic heterocycles. The van der Waals surface area contributed by atoms with Gasteiger partial charge in [-0.15, -0.1) is 0 Å². The molecule has 0 aromatic heterocycles. The molecule has 138 heavy (non-hydrogen) atoms. The molecule has 27 rings (SSSR count). The third kappa shape index (κ3) is 12.5. The Labute approximate surface area is 808 Å². The molecule has 0 amide bonds. The first kappa shape index (κ1) is 81.6. The first-order valence-electron chi connectivity index (χ1n) is 48.3. The van der Waals surface area contributed by atoms with Gasteiger partial charge in [0.15, 0.2) is 0 Å². The van der Waals surface area contributed by atoms with Gasteiger partial charge in [0, 0.05) is 56.0 Å². The molecule has 0 saturated heterocycles. The molecular formula is C134H96N4. The topological polar surface area (TPSA) is 13.0 Å². The highest BCUT2D eigenvalue weighted by atomic mass is 15.2. The Morgan fingerprint density at radius 3 is 0.870 bits per heavy atom. The van der Waals surface area contributed by atoms with E-state index >= 15 is 0 Å². The van der Waals surface area contributed by atoms with Crippen LogP contribution in [0.15, 0.2) is 510 Å². The summed E-state index contributed by atoms with van der Waals surface area (Å²) >= 11 is 0. The van der Waals surface area contributed by atoms with Crippen LogP contribution in [0.2, 0.25) is 0 Å². The smallest absolute Gasteiger partial charge is 0.0755 e. The number of nitrogens with zero attached hydrogens (tertiary/aromatic N) is 4. The van der Waals surface area contributed by atoms with Crippen LogP contribution in [0.1, 0.15) is 94.5 Å². The molecule has 652 valence electrons. The van der Waals surface area contributed by atoms with Gasteiger partial charge in [0.05, 0.1) is 50.6 Å². The summed E-state index contributed by atoms with van der Waals surface area (Å²) in [6, 6.07) is 189. The number of hydrogen-bond donors (Lipinski definition) is 0. The average Bonchev–Trinajstić information content (AvgIpc) is 1.50. The normalized spacial score (nSPS) is 14.0. The van der Waals surface area contributed by atoms with Gasteiger partial charge in [-0.3, -0.25) is 0 Å². The van der Waals surface area contributed by atoms with Gasteiger partial charge in [-0.05, 0) is 265 Å². The van der Waals surface area contributed by atoms with Gasteiger partial charge in [-0.25, -0.2) is 0 Å². The van der Waals surface area contributed by atoms with Crippen LogP contribution in [0.4, 0.5) is 68.2 Å². The van der Waals surface area contributed by atoms with Crippen LogP contribution in [-0.4, -0.2) is 0 Å². The number of anilines is 12. The second-order valence-corrected chi connectivity index (χ2v) is 38.4. The molecule has 0 saturated carbocycles. The molecule has 4 aliphatic carbocycles. The lowest BCUT2D eigenvalue weighted by Gasteiger charge is -2.45. The lowest BCUT2D eigenvalue weighted by molar-refractivity contribution is 0.660. The van der Waals surface area contributed by atoms with Crippen LogP contribution in [0.5, 0.6) is 0 Å². The van der Waals surface area contributed by atoms with Crippen molar-refractivity contribution in [3.05, 3.63) is 576 Å². The molecule has 21 aromatic carbocycles. The molecule has 21 aromatic rings. The van der Waals surface area contributed by atoms with Crippen LogP contribution < -0.4 is 19.6 Å². The largest absolute Gasteiger partial charge is 0.310 e. The Balaban J connectivity index is 0.000000143. The van der Waals surface area contributed by atoms with Gasteiger partial charge in [-0.2, -0.15) is 0 Å². The highest BCUT2D eigenvalue weighted by Gasteiger charge is 2.55. The van der Waals surface area contributed by atoms with E-state index in [1.54, 1.807) is 0 Å². The highest BCUT2D eigenvalue weighted by Crippen LogP contribution is 2.69. The van der Waals surface area contributed by atoms with E-state index in [4.69, 9.17) is 0 Å². The maximum absolute atomic E-state index is 2.53. The van der Waals surface area contributed by atoms with Crippen LogP contribution in [0, 0.1) is 0 Å². The molecule has 0 N–H and O–H groups in total. The summed E-state index contributed by atoms with van der Waals surface area (Å²) in [5.41, 5.74) is 50.5. The van der Waals surface area contributed by atoms with E-state index in [0.29, 0.717) is 0 Å². The third-order valence-electron chi connectivity index (χ3n) is 30.5. The quantitative estimate of drug-likeness (QED) is 0.114.